The number of nitrogens with zero attached hydrogens (tertiary/aromatic N) is 3. The summed E-state index contributed by atoms with van der Waals surface area (Å²) in [5.41, 5.74) is 0.799. The number of piperidine rings is 1. The van der Waals surface area contributed by atoms with E-state index in [-0.39, 0.29) is 17.6 Å². The molecule has 1 aliphatic rings. The molecule has 1 aromatic heterocycles. The molecule has 0 saturated carbocycles. The average molecular weight is 331 g/mol. The average Bonchev–Trinajstić information content (AvgIpc) is 2.58. The largest absolute Gasteiger partial charge is 0.490 e. The van der Waals surface area contributed by atoms with Gasteiger partial charge in [-0.15, -0.1) is 0 Å². The zero-order valence-corrected chi connectivity index (χ0v) is 13.3. The summed E-state index contributed by atoms with van der Waals surface area (Å²) in [4.78, 5) is 16.7. The molecule has 0 unspecified atom stereocenters. The molecule has 0 radical (unpaired) electrons. The van der Waals surface area contributed by atoms with Gasteiger partial charge in [-0.3, -0.25) is 10.1 Å². The van der Waals surface area contributed by atoms with Gasteiger partial charge in [-0.25, -0.2) is 9.37 Å². The molecule has 0 N–H and O–H groups in total. The van der Waals surface area contributed by atoms with Gasteiger partial charge in [0.1, 0.15) is 29.7 Å². The summed E-state index contributed by atoms with van der Waals surface area (Å²) in [6.07, 6.45) is 3.00. The van der Waals surface area contributed by atoms with E-state index >= 15 is 0 Å². The summed E-state index contributed by atoms with van der Waals surface area (Å²) >= 11 is 0. The Morgan fingerprint density at radius 2 is 1.96 bits per heavy atom. The van der Waals surface area contributed by atoms with Gasteiger partial charge in [-0.05, 0) is 36.8 Å². The molecular formula is C17H18FN3O3. The number of hydrogen-bond acceptors (Lipinski definition) is 5. The number of anilines is 1. The zero-order valence-electron chi connectivity index (χ0n) is 13.3. The van der Waals surface area contributed by atoms with Gasteiger partial charge in [-0.2, -0.15) is 0 Å². The molecule has 0 bridgehead atoms. The van der Waals surface area contributed by atoms with Crippen LogP contribution in [0, 0.1) is 22.9 Å². The predicted octanol–water partition coefficient (Wildman–Crippen LogP) is 3.49. The molecule has 2 aromatic rings. The Hall–Kier alpha value is -2.70. The molecule has 1 aliphatic heterocycles. The van der Waals surface area contributed by atoms with E-state index in [0.29, 0.717) is 5.75 Å². The van der Waals surface area contributed by atoms with Crippen molar-refractivity contribution >= 4 is 11.5 Å². The van der Waals surface area contributed by atoms with E-state index < -0.39 is 4.92 Å². The van der Waals surface area contributed by atoms with E-state index in [1.165, 1.54) is 18.3 Å². The monoisotopic (exact) mass is 331 g/mol. The van der Waals surface area contributed by atoms with Crippen LogP contribution in [0.15, 0.2) is 36.5 Å². The minimum absolute atomic E-state index is 0.00535. The molecule has 126 valence electrons. The van der Waals surface area contributed by atoms with Crippen LogP contribution in [0.2, 0.25) is 0 Å². The summed E-state index contributed by atoms with van der Waals surface area (Å²) in [6.45, 7) is 3.35. The molecule has 1 saturated heterocycles. The number of rotatable bonds is 4. The van der Waals surface area contributed by atoms with Gasteiger partial charge >= 0.3 is 0 Å². The smallest absolute Gasteiger partial charge is 0.287 e. The minimum atomic E-state index is -0.438. The Kier molecular flexibility index (Phi) is 4.59. The second-order valence-electron chi connectivity index (χ2n) is 5.85. The Bertz CT molecular complexity index is 728. The SMILES string of the molecule is Cc1cc([N+](=O)[O-])cnc1N1CCC(Oc2ccc(F)cc2)CC1. The van der Waals surface area contributed by atoms with Gasteiger partial charge < -0.3 is 9.64 Å². The summed E-state index contributed by atoms with van der Waals surface area (Å²) in [5.74, 6) is 1.16. The van der Waals surface area contributed by atoms with Gasteiger partial charge in [0.2, 0.25) is 0 Å². The van der Waals surface area contributed by atoms with Crippen LogP contribution in [0.5, 0.6) is 5.75 Å². The predicted molar refractivity (Wildman–Crippen MR) is 87.9 cm³/mol. The molecule has 7 heteroatoms. The molecular weight excluding hydrogens is 313 g/mol. The maximum atomic E-state index is 12.9. The first kappa shape index (κ1) is 16.2. The standard InChI is InChI=1S/C17H18FN3O3/c1-12-10-14(21(22)23)11-19-17(12)20-8-6-16(7-9-20)24-15-4-2-13(18)3-5-15/h2-5,10-11,16H,6-9H2,1H3. The Labute approximate surface area is 139 Å². The summed E-state index contributed by atoms with van der Waals surface area (Å²) in [5, 5.41) is 10.8. The fourth-order valence-electron chi connectivity index (χ4n) is 2.87. The number of benzene rings is 1. The lowest BCUT2D eigenvalue weighted by atomic mass is 10.1. The third kappa shape index (κ3) is 3.61. The van der Waals surface area contributed by atoms with E-state index in [1.807, 2.05) is 6.92 Å². The second-order valence-corrected chi connectivity index (χ2v) is 5.85. The fourth-order valence-corrected chi connectivity index (χ4v) is 2.87. The topological polar surface area (TPSA) is 68.5 Å². The molecule has 24 heavy (non-hydrogen) atoms. The molecule has 0 aliphatic carbocycles. The van der Waals surface area contributed by atoms with Crippen molar-refractivity contribution in [3.63, 3.8) is 0 Å². The van der Waals surface area contributed by atoms with Crippen LogP contribution in [0.4, 0.5) is 15.9 Å². The number of aromatic nitrogens is 1. The number of aryl methyl sites for hydroxylation is 1. The molecule has 0 amide bonds. The van der Waals surface area contributed by atoms with Crippen LogP contribution in [0.1, 0.15) is 18.4 Å². The van der Waals surface area contributed by atoms with Crippen molar-refractivity contribution in [3.05, 3.63) is 58.0 Å². The minimum Gasteiger partial charge on any atom is -0.490 e. The van der Waals surface area contributed by atoms with Crippen LogP contribution in [0.25, 0.3) is 0 Å². The lowest BCUT2D eigenvalue weighted by Gasteiger charge is -2.33. The third-order valence-corrected chi connectivity index (χ3v) is 4.10. The first-order valence-corrected chi connectivity index (χ1v) is 7.81. The van der Waals surface area contributed by atoms with E-state index in [1.54, 1.807) is 18.2 Å². The summed E-state index contributed by atoms with van der Waals surface area (Å²) in [6, 6.07) is 7.57. The highest BCUT2D eigenvalue weighted by Crippen LogP contribution is 2.26. The van der Waals surface area contributed by atoms with Crippen molar-refractivity contribution in [2.45, 2.75) is 25.9 Å². The number of nitro groups is 1. The lowest BCUT2D eigenvalue weighted by Crippen LogP contribution is -2.39. The number of pyridine rings is 1. The van der Waals surface area contributed by atoms with Crippen LogP contribution in [-0.2, 0) is 0 Å². The highest BCUT2D eigenvalue weighted by Gasteiger charge is 2.23. The first-order valence-electron chi connectivity index (χ1n) is 7.81. The van der Waals surface area contributed by atoms with Gasteiger partial charge in [-0.1, -0.05) is 0 Å². The van der Waals surface area contributed by atoms with E-state index in [2.05, 4.69) is 9.88 Å². The number of halogens is 1. The van der Waals surface area contributed by atoms with E-state index in [4.69, 9.17) is 4.74 Å². The van der Waals surface area contributed by atoms with Crippen LogP contribution in [-0.4, -0.2) is 29.1 Å². The van der Waals surface area contributed by atoms with Crippen molar-refractivity contribution in [2.24, 2.45) is 0 Å². The summed E-state index contributed by atoms with van der Waals surface area (Å²) < 4.78 is 18.8. The maximum absolute atomic E-state index is 12.9. The Morgan fingerprint density at radius 1 is 1.29 bits per heavy atom. The zero-order chi connectivity index (χ0) is 17.1. The van der Waals surface area contributed by atoms with Crippen molar-refractivity contribution in [3.8, 4) is 5.75 Å². The number of ether oxygens (including phenoxy) is 1. The Morgan fingerprint density at radius 3 is 2.54 bits per heavy atom. The van der Waals surface area contributed by atoms with E-state index in [9.17, 15) is 14.5 Å². The van der Waals surface area contributed by atoms with Crippen LogP contribution < -0.4 is 9.64 Å². The highest BCUT2D eigenvalue weighted by molar-refractivity contribution is 5.50. The van der Waals surface area contributed by atoms with Crippen LogP contribution in [0.3, 0.4) is 0 Å². The molecule has 1 fully saturated rings. The first-order chi connectivity index (χ1) is 11.5. The molecule has 0 spiro atoms. The van der Waals surface area contributed by atoms with Gasteiger partial charge in [0, 0.05) is 32.0 Å². The van der Waals surface area contributed by atoms with Gasteiger partial charge in [0.15, 0.2) is 0 Å². The maximum Gasteiger partial charge on any atom is 0.287 e. The van der Waals surface area contributed by atoms with Gasteiger partial charge in [0.25, 0.3) is 5.69 Å². The lowest BCUT2D eigenvalue weighted by molar-refractivity contribution is -0.385. The van der Waals surface area contributed by atoms with Gasteiger partial charge in [0.05, 0.1) is 4.92 Å². The highest BCUT2D eigenvalue weighted by atomic mass is 19.1. The van der Waals surface area contributed by atoms with Crippen molar-refractivity contribution in [1.29, 1.82) is 0 Å². The van der Waals surface area contributed by atoms with Crippen LogP contribution >= 0.6 is 0 Å². The molecule has 0 atom stereocenters. The van der Waals surface area contributed by atoms with Crippen molar-refractivity contribution in [2.75, 3.05) is 18.0 Å². The molecule has 1 aromatic carbocycles. The second kappa shape index (κ2) is 6.82. The number of hydrogen-bond donors (Lipinski definition) is 0. The summed E-state index contributed by atoms with van der Waals surface area (Å²) in [7, 11) is 0. The van der Waals surface area contributed by atoms with Crippen molar-refractivity contribution in [1.82, 2.24) is 4.98 Å². The molecule has 6 nitrogen and oxygen atoms in total. The fraction of sp³-hybridized carbons (Fsp3) is 0.353. The van der Waals surface area contributed by atoms with E-state index in [0.717, 1.165) is 37.3 Å². The third-order valence-electron chi connectivity index (χ3n) is 4.10. The Balaban J connectivity index is 1.60. The molecule has 2 heterocycles. The molecule has 3 rings (SSSR count). The van der Waals surface area contributed by atoms with Crippen molar-refractivity contribution < 1.29 is 14.1 Å². The quantitative estimate of drug-likeness (QED) is 0.634. The normalized spacial score (nSPS) is 15.3.